The van der Waals surface area contributed by atoms with E-state index in [9.17, 15) is 13.2 Å². The van der Waals surface area contributed by atoms with Gasteiger partial charge in [-0.25, -0.2) is 13.4 Å². The van der Waals surface area contributed by atoms with E-state index in [0.717, 1.165) is 11.2 Å². The second kappa shape index (κ2) is 9.14. The topological polar surface area (TPSA) is 77.7 Å². The molecule has 2 heterocycles. The van der Waals surface area contributed by atoms with Crippen molar-refractivity contribution in [2.75, 3.05) is 6.61 Å². The molecule has 0 bridgehead atoms. The molecule has 0 amide bonds. The molecule has 2 aromatic heterocycles. The maximum absolute atomic E-state index is 13.1. The van der Waals surface area contributed by atoms with Crippen LogP contribution in [0.4, 0.5) is 0 Å². The number of rotatable bonds is 8. The van der Waals surface area contributed by atoms with Crippen LogP contribution in [0.15, 0.2) is 83.0 Å². The predicted molar refractivity (Wildman–Crippen MR) is 122 cm³/mol. The molecular formula is C24H21ClN2O4S. The van der Waals surface area contributed by atoms with Crippen molar-refractivity contribution in [1.82, 2.24) is 9.38 Å². The molecule has 32 heavy (non-hydrogen) atoms. The van der Waals surface area contributed by atoms with Crippen LogP contribution in [0.1, 0.15) is 29.3 Å². The number of aromatic nitrogens is 2. The van der Waals surface area contributed by atoms with Gasteiger partial charge in [-0.1, -0.05) is 23.7 Å². The van der Waals surface area contributed by atoms with Crippen LogP contribution in [0.25, 0.3) is 5.65 Å². The summed E-state index contributed by atoms with van der Waals surface area (Å²) in [6.07, 6.45) is 6.06. The Labute approximate surface area is 191 Å². The van der Waals surface area contributed by atoms with Crippen LogP contribution in [0.3, 0.4) is 0 Å². The number of carbonyl (C=O) groups is 1. The van der Waals surface area contributed by atoms with Crippen LogP contribution in [0, 0.1) is 0 Å². The monoisotopic (exact) mass is 468 g/mol. The molecule has 0 fully saturated rings. The summed E-state index contributed by atoms with van der Waals surface area (Å²) in [7, 11) is -3.81. The molecule has 0 radical (unpaired) electrons. The molecule has 0 N–H and O–H groups in total. The van der Waals surface area contributed by atoms with Crippen LogP contribution >= 0.6 is 11.6 Å². The molecule has 0 aliphatic carbocycles. The van der Waals surface area contributed by atoms with Crippen LogP contribution in [0.2, 0.25) is 5.02 Å². The van der Waals surface area contributed by atoms with Crippen LogP contribution in [-0.4, -0.2) is 30.2 Å². The Morgan fingerprint density at radius 2 is 1.88 bits per heavy atom. The highest BCUT2D eigenvalue weighted by Crippen LogP contribution is 2.32. The maximum Gasteiger partial charge on any atom is 0.210 e. The Morgan fingerprint density at radius 1 is 1.09 bits per heavy atom. The molecule has 4 aromatic rings. The fourth-order valence-corrected chi connectivity index (χ4v) is 5.08. The highest BCUT2D eigenvalue weighted by Gasteiger charge is 2.23. The van der Waals surface area contributed by atoms with Gasteiger partial charge in [0.15, 0.2) is 5.78 Å². The number of imidazole rings is 1. The lowest BCUT2D eigenvalue weighted by atomic mass is 10.0. The number of nitrogens with zero attached hydrogens (tertiary/aromatic N) is 2. The first-order chi connectivity index (χ1) is 15.4. The van der Waals surface area contributed by atoms with E-state index in [-0.39, 0.29) is 21.3 Å². The number of ketones is 1. The van der Waals surface area contributed by atoms with Gasteiger partial charge in [-0.05, 0) is 61.4 Å². The summed E-state index contributed by atoms with van der Waals surface area (Å²) in [6, 6.07) is 14.7. The summed E-state index contributed by atoms with van der Waals surface area (Å²) in [5.41, 5.74) is 2.27. The number of hydrogen-bond donors (Lipinski definition) is 0. The van der Waals surface area contributed by atoms with Gasteiger partial charge in [0.25, 0.3) is 0 Å². The van der Waals surface area contributed by atoms with Crippen molar-refractivity contribution in [3.8, 4) is 5.75 Å². The third-order valence-corrected chi connectivity index (χ3v) is 7.11. The van der Waals surface area contributed by atoms with Crippen molar-refractivity contribution < 1.29 is 17.9 Å². The minimum absolute atomic E-state index is 0.0116. The van der Waals surface area contributed by atoms with Gasteiger partial charge in [-0.2, -0.15) is 0 Å². The Kier molecular flexibility index (Phi) is 6.30. The van der Waals surface area contributed by atoms with E-state index in [1.54, 1.807) is 78.4 Å². The van der Waals surface area contributed by atoms with E-state index in [4.69, 9.17) is 16.3 Å². The summed E-state index contributed by atoms with van der Waals surface area (Å²) in [5, 5.41) is 0.316. The van der Waals surface area contributed by atoms with Crippen molar-refractivity contribution in [3.05, 3.63) is 89.3 Å². The van der Waals surface area contributed by atoms with E-state index in [1.165, 1.54) is 6.07 Å². The largest absolute Gasteiger partial charge is 0.492 e. The number of fused-ring (bicyclic) bond motifs is 1. The number of sulfone groups is 1. The first-order valence-electron chi connectivity index (χ1n) is 10.1. The van der Waals surface area contributed by atoms with Gasteiger partial charge in [0.2, 0.25) is 9.84 Å². The Morgan fingerprint density at radius 3 is 2.62 bits per heavy atom. The summed E-state index contributed by atoms with van der Waals surface area (Å²) in [6.45, 7) is 2.12. The molecule has 0 aliphatic heterocycles. The lowest BCUT2D eigenvalue weighted by molar-refractivity contribution is 0.0982. The molecule has 0 saturated carbocycles. The van der Waals surface area contributed by atoms with Crippen molar-refractivity contribution >= 4 is 32.9 Å². The van der Waals surface area contributed by atoms with Crippen LogP contribution in [0.5, 0.6) is 5.75 Å². The second-order valence-corrected chi connectivity index (χ2v) is 9.56. The predicted octanol–water partition coefficient (Wildman–Crippen LogP) is 5.03. The van der Waals surface area contributed by atoms with Gasteiger partial charge < -0.3 is 9.14 Å². The number of pyridine rings is 1. The normalized spacial score (nSPS) is 11.6. The molecule has 2 aromatic carbocycles. The molecule has 0 saturated heterocycles. The van der Waals surface area contributed by atoms with E-state index >= 15 is 0 Å². The van der Waals surface area contributed by atoms with Gasteiger partial charge >= 0.3 is 0 Å². The lowest BCUT2D eigenvalue weighted by Gasteiger charge is -2.12. The number of benzene rings is 2. The molecule has 6 nitrogen and oxygen atoms in total. The van der Waals surface area contributed by atoms with Crippen LogP contribution < -0.4 is 4.74 Å². The van der Waals surface area contributed by atoms with Gasteiger partial charge in [-0.3, -0.25) is 4.79 Å². The molecule has 4 rings (SSSR count). The van der Waals surface area contributed by atoms with Gasteiger partial charge in [0.1, 0.15) is 16.3 Å². The highest BCUT2D eigenvalue weighted by molar-refractivity contribution is 7.91. The highest BCUT2D eigenvalue weighted by atomic mass is 35.5. The van der Waals surface area contributed by atoms with E-state index in [0.29, 0.717) is 30.0 Å². The molecule has 164 valence electrons. The standard InChI is InChI=1S/C24H21ClN2O4S/c1-2-31-22-11-7-19(25)15-23(22)32(29,30)20-8-3-17(4-9-20)5-10-21(28)18-6-12-24-26-13-14-27(24)16-18/h3-4,6-9,11-16H,2,5,10H2,1H3. The summed E-state index contributed by atoms with van der Waals surface area (Å²) in [5.74, 6) is 0.277. The van der Waals surface area contributed by atoms with Crippen molar-refractivity contribution in [3.63, 3.8) is 0 Å². The van der Waals surface area contributed by atoms with E-state index in [2.05, 4.69) is 4.98 Å². The zero-order valence-electron chi connectivity index (χ0n) is 17.4. The molecule has 0 aliphatic rings. The van der Waals surface area contributed by atoms with Gasteiger partial charge in [-0.15, -0.1) is 0 Å². The van der Waals surface area contributed by atoms with Gasteiger partial charge in [0.05, 0.1) is 11.5 Å². The minimum Gasteiger partial charge on any atom is -0.492 e. The molecule has 0 atom stereocenters. The quantitative estimate of drug-likeness (QED) is 0.339. The first kappa shape index (κ1) is 22.0. The average molecular weight is 469 g/mol. The zero-order valence-corrected chi connectivity index (χ0v) is 18.9. The third-order valence-electron chi connectivity index (χ3n) is 5.08. The number of halogens is 1. The van der Waals surface area contributed by atoms with E-state index in [1.807, 2.05) is 0 Å². The number of ether oxygens (including phenoxy) is 1. The minimum atomic E-state index is -3.81. The average Bonchev–Trinajstić information content (AvgIpc) is 3.27. The molecule has 0 unspecified atom stereocenters. The van der Waals surface area contributed by atoms with Crippen molar-refractivity contribution in [2.45, 2.75) is 29.6 Å². The Hall–Kier alpha value is -3.16. The second-order valence-electron chi connectivity index (χ2n) is 7.21. The van der Waals surface area contributed by atoms with Crippen molar-refractivity contribution in [2.24, 2.45) is 0 Å². The van der Waals surface area contributed by atoms with E-state index < -0.39 is 9.84 Å². The SMILES string of the molecule is CCOc1ccc(Cl)cc1S(=O)(=O)c1ccc(CCC(=O)c2ccc3nccn3c2)cc1. The number of hydrogen-bond acceptors (Lipinski definition) is 5. The Bertz CT molecular complexity index is 1380. The number of Topliss-reactive ketones (excluding diaryl/α,β-unsaturated/α-hetero) is 1. The number of carbonyl (C=O) groups excluding carboxylic acids is 1. The smallest absolute Gasteiger partial charge is 0.210 e. The lowest BCUT2D eigenvalue weighted by Crippen LogP contribution is -2.06. The molecular weight excluding hydrogens is 448 g/mol. The summed E-state index contributed by atoms with van der Waals surface area (Å²) < 4.78 is 33.5. The fourth-order valence-electron chi connectivity index (χ4n) is 3.42. The zero-order chi connectivity index (χ0) is 22.7. The number of aryl methyl sites for hydroxylation is 1. The first-order valence-corrected chi connectivity index (χ1v) is 12.0. The summed E-state index contributed by atoms with van der Waals surface area (Å²) in [4.78, 5) is 16.9. The van der Waals surface area contributed by atoms with Crippen LogP contribution in [-0.2, 0) is 16.3 Å². The van der Waals surface area contributed by atoms with Gasteiger partial charge in [0, 0.05) is 35.6 Å². The third kappa shape index (κ3) is 4.54. The molecule has 0 spiro atoms. The summed E-state index contributed by atoms with van der Waals surface area (Å²) >= 11 is 6.03. The fraction of sp³-hybridized carbons (Fsp3) is 0.167. The van der Waals surface area contributed by atoms with Crippen molar-refractivity contribution in [1.29, 1.82) is 0 Å². The maximum atomic E-state index is 13.1. The molecule has 8 heteroatoms. The Balaban J connectivity index is 1.49.